The molecule has 0 aromatic carbocycles. The van der Waals surface area contributed by atoms with Gasteiger partial charge in [0.2, 0.25) is 5.91 Å². The summed E-state index contributed by atoms with van der Waals surface area (Å²) in [5, 5.41) is 6.30. The lowest BCUT2D eigenvalue weighted by atomic mass is 10.0. The molecule has 0 heterocycles. The highest BCUT2D eigenvalue weighted by Crippen LogP contribution is 2.54. The Kier molecular flexibility index (Phi) is 3.62. The second-order valence-electron chi connectivity index (χ2n) is 4.92. The van der Waals surface area contributed by atoms with Gasteiger partial charge in [-0.05, 0) is 50.6 Å². The van der Waals surface area contributed by atoms with E-state index in [1.165, 1.54) is 6.42 Å². The van der Waals surface area contributed by atoms with Crippen LogP contribution in [0.1, 0.15) is 32.6 Å². The fraction of sp³-hybridized carbons (Fsp3) is 0.917. The molecule has 0 bridgehead atoms. The summed E-state index contributed by atoms with van der Waals surface area (Å²) in [6, 6.07) is 0. The van der Waals surface area contributed by atoms with Gasteiger partial charge in [-0.3, -0.25) is 4.79 Å². The third-order valence-corrected chi connectivity index (χ3v) is 3.69. The van der Waals surface area contributed by atoms with E-state index in [2.05, 4.69) is 17.6 Å². The first kappa shape index (κ1) is 10.9. The van der Waals surface area contributed by atoms with Crippen LogP contribution in [0.3, 0.4) is 0 Å². The van der Waals surface area contributed by atoms with Crippen LogP contribution in [-0.2, 0) is 4.79 Å². The largest absolute Gasteiger partial charge is 0.356 e. The van der Waals surface area contributed by atoms with E-state index in [-0.39, 0.29) is 0 Å². The van der Waals surface area contributed by atoms with Gasteiger partial charge in [0.25, 0.3) is 0 Å². The molecule has 0 aromatic rings. The van der Waals surface area contributed by atoms with Crippen LogP contribution in [0.2, 0.25) is 0 Å². The summed E-state index contributed by atoms with van der Waals surface area (Å²) in [5.74, 6) is 2.46. The zero-order valence-corrected chi connectivity index (χ0v) is 9.59. The lowest BCUT2D eigenvalue weighted by Gasteiger charge is -2.12. The van der Waals surface area contributed by atoms with Crippen molar-refractivity contribution in [3.63, 3.8) is 0 Å². The number of fused-ring (bicyclic) bond motifs is 1. The van der Waals surface area contributed by atoms with Crippen molar-refractivity contribution in [1.29, 1.82) is 0 Å². The summed E-state index contributed by atoms with van der Waals surface area (Å²) in [7, 11) is 0. The van der Waals surface area contributed by atoms with Crippen LogP contribution >= 0.6 is 0 Å². The van der Waals surface area contributed by atoms with Gasteiger partial charge in [0.05, 0.1) is 0 Å². The monoisotopic (exact) mass is 210 g/mol. The number of hydrogen-bond donors (Lipinski definition) is 2. The zero-order chi connectivity index (χ0) is 10.7. The van der Waals surface area contributed by atoms with E-state index >= 15 is 0 Å². The molecule has 86 valence electrons. The van der Waals surface area contributed by atoms with Crippen molar-refractivity contribution in [2.24, 2.45) is 17.8 Å². The quantitative estimate of drug-likeness (QED) is 0.646. The second kappa shape index (κ2) is 4.97. The third kappa shape index (κ3) is 2.94. The Morgan fingerprint density at radius 2 is 1.93 bits per heavy atom. The van der Waals surface area contributed by atoms with Gasteiger partial charge in [-0.25, -0.2) is 0 Å². The molecule has 0 aliphatic heterocycles. The van der Waals surface area contributed by atoms with Gasteiger partial charge in [0, 0.05) is 12.5 Å². The Labute approximate surface area is 92.0 Å². The van der Waals surface area contributed by atoms with Gasteiger partial charge in [-0.15, -0.1) is 0 Å². The fourth-order valence-corrected chi connectivity index (χ4v) is 2.67. The van der Waals surface area contributed by atoms with E-state index in [1.807, 2.05) is 0 Å². The Balaban J connectivity index is 1.53. The molecule has 3 heteroatoms. The molecule has 0 aromatic heterocycles. The molecule has 2 unspecified atom stereocenters. The van der Waals surface area contributed by atoms with Crippen LogP contribution < -0.4 is 10.6 Å². The topological polar surface area (TPSA) is 41.1 Å². The van der Waals surface area contributed by atoms with Gasteiger partial charge in [0.15, 0.2) is 0 Å². The number of carbonyl (C=O) groups excluding carboxylic acids is 1. The van der Waals surface area contributed by atoms with Gasteiger partial charge in [0.1, 0.15) is 0 Å². The van der Waals surface area contributed by atoms with Crippen LogP contribution in [0.25, 0.3) is 0 Å². The molecule has 0 radical (unpaired) electrons. The Hall–Kier alpha value is -0.570. The van der Waals surface area contributed by atoms with Crippen molar-refractivity contribution in [3.05, 3.63) is 0 Å². The maximum Gasteiger partial charge on any atom is 0.223 e. The van der Waals surface area contributed by atoms with E-state index in [9.17, 15) is 4.79 Å². The lowest BCUT2D eigenvalue weighted by molar-refractivity contribution is -0.125. The molecule has 2 saturated carbocycles. The van der Waals surface area contributed by atoms with Gasteiger partial charge in [-0.1, -0.05) is 6.92 Å². The Bertz CT molecular complexity index is 220. The van der Waals surface area contributed by atoms with Crippen molar-refractivity contribution in [3.8, 4) is 0 Å². The summed E-state index contributed by atoms with van der Waals surface area (Å²) in [6.45, 7) is 4.95. The zero-order valence-electron chi connectivity index (χ0n) is 9.59. The minimum Gasteiger partial charge on any atom is -0.356 e. The SMILES string of the molecule is CCNCCCNC(=O)C1CC2CC2C1. The molecule has 3 nitrogen and oxygen atoms in total. The van der Waals surface area contributed by atoms with Crippen LogP contribution in [0.5, 0.6) is 0 Å². The molecular weight excluding hydrogens is 188 g/mol. The number of amides is 1. The maximum atomic E-state index is 11.7. The molecule has 2 fully saturated rings. The van der Waals surface area contributed by atoms with Crippen molar-refractivity contribution < 1.29 is 4.79 Å². The molecule has 1 amide bonds. The fourth-order valence-electron chi connectivity index (χ4n) is 2.67. The normalized spacial score (nSPS) is 32.5. The number of rotatable bonds is 6. The average molecular weight is 210 g/mol. The standard InChI is InChI=1S/C12H22N2O/c1-2-13-4-3-5-14-12(15)11-7-9-6-10(9)8-11/h9-11,13H,2-8H2,1H3,(H,14,15). The van der Waals surface area contributed by atoms with Gasteiger partial charge >= 0.3 is 0 Å². The first-order valence-electron chi connectivity index (χ1n) is 6.29. The van der Waals surface area contributed by atoms with E-state index in [4.69, 9.17) is 0 Å². The second-order valence-corrected chi connectivity index (χ2v) is 4.92. The summed E-state index contributed by atoms with van der Waals surface area (Å²) in [4.78, 5) is 11.7. The minimum absolute atomic E-state index is 0.304. The summed E-state index contributed by atoms with van der Waals surface area (Å²) in [6.07, 6.45) is 4.75. The third-order valence-electron chi connectivity index (χ3n) is 3.69. The lowest BCUT2D eigenvalue weighted by Crippen LogP contribution is -2.32. The average Bonchev–Trinajstić information content (AvgIpc) is 2.85. The highest BCUT2D eigenvalue weighted by Gasteiger charge is 2.47. The van der Waals surface area contributed by atoms with E-state index < -0.39 is 0 Å². The molecule has 2 aliphatic rings. The van der Waals surface area contributed by atoms with Crippen molar-refractivity contribution in [2.45, 2.75) is 32.6 Å². The molecule has 2 rings (SSSR count). The molecular formula is C12H22N2O. The highest BCUT2D eigenvalue weighted by atomic mass is 16.1. The summed E-state index contributed by atoms with van der Waals surface area (Å²) >= 11 is 0. The molecule has 15 heavy (non-hydrogen) atoms. The Morgan fingerprint density at radius 1 is 1.20 bits per heavy atom. The van der Waals surface area contributed by atoms with Crippen LogP contribution in [0.15, 0.2) is 0 Å². The summed E-state index contributed by atoms with van der Waals surface area (Å²) in [5.41, 5.74) is 0. The van der Waals surface area contributed by atoms with Crippen molar-refractivity contribution in [2.75, 3.05) is 19.6 Å². The Morgan fingerprint density at radius 3 is 2.60 bits per heavy atom. The summed E-state index contributed by atoms with van der Waals surface area (Å²) < 4.78 is 0. The smallest absolute Gasteiger partial charge is 0.223 e. The van der Waals surface area contributed by atoms with Crippen LogP contribution in [0.4, 0.5) is 0 Å². The highest BCUT2D eigenvalue weighted by molar-refractivity contribution is 5.79. The number of nitrogens with one attached hydrogen (secondary N) is 2. The van der Waals surface area contributed by atoms with E-state index in [0.29, 0.717) is 11.8 Å². The predicted octanol–water partition coefficient (Wildman–Crippen LogP) is 1.15. The number of carbonyl (C=O) groups is 1. The van der Waals surface area contributed by atoms with Gasteiger partial charge in [-0.2, -0.15) is 0 Å². The maximum absolute atomic E-state index is 11.7. The molecule has 2 N–H and O–H groups in total. The van der Waals surface area contributed by atoms with Crippen LogP contribution in [-0.4, -0.2) is 25.5 Å². The molecule has 0 saturated heterocycles. The predicted molar refractivity (Wildman–Crippen MR) is 60.5 cm³/mol. The van der Waals surface area contributed by atoms with E-state index in [0.717, 1.165) is 50.7 Å². The van der Waals surface area contributed by atoms with Gasteiger partial charge < -0.3 is 10.6 Å². The number of hydrogen-bond acceptors (Lipinski definition) is 2. The van der Waals surface area contributed by atoms with Crippen LogP contribution in [0, 0.1) is 17.8 Å². The first-order chi connectivity index (χ1) is 7.31. The molecule has 0 spiro atoms. The molecule has 2 aliphatic carbocycles. The van der Waals surface area contributed by atoms with E-state index in [1.54, 1.807) is 0 Å². The first-order valence-corrected chi connectivity index (χ1v) is 6.29. The molecule has 2 atom stereocenters. The minimum atomic E-state index is 0.304. The van der Waals surface area contributed by atoms with Crippen molar-refractivity contribution >= 4 is 5.91 Å². The van der Waals surface area contributed by atoms with Crippen molar-refractivity contribution in [1.82, 2.24) is 10.6 Å².